The molecular weight excluding hydrogens is 430 g/mol. The van der Waals surface area contributed by atoms with Crippen LogP contribution in [-0.4, -0.2) is 43.7 Å². The van der Waals surface area contributed by atoms with Crippen LogP contribution in [0.2, 0.25) is 0 Å². The molecule has 1 aromatic heterocycles. The maximum Gasteiger partial charge on any atom is 0.319 e. The van der Waals surface area contributed by atoms with E-state index in [0.717, 1.165) is 11.8 Å². The van der Waals surface area contributed by atoms with Crippen LogP contribution in [0.1, 0.15) is 47.8 Å². The van der Waals surface area contributed by atoms with Gasteiger partial charge in [0.1, 0.15) is 11.9 Å². The van der Waals surface area contributed by atoms with Crippen LogP contribution in [0.25, 0.3) is 0 Å². The van der Waals surface area contributed by atoms with Crippen molar-refractivity contribution in [2.24, 2.45) is 5.73 Å². The second-order valence-electron chi connectivity index (χ2n) is 8.64. The molecule has 170 valence electrons. The third-order valence-corrected chi connectivity index (χ3v) is 6.46. The van der Waals surface area contributed by atoms with Crippen LogP contribution >= 0.6 is 0 Å². The minimum Gasteiger partial charge on any atom is -0.454 e. The van der Waals surface area contributed by atoms with Gasteiger partial charge in [-0.15, -0.1) is 0 Å². The molecule has 2 heterocycles. The van der Waals surface area contributed by atoms with Gasteiger partial charge in [-0.3, -0.25) is 24.8 Å². The number of aromatic amines is 1. The third-order valence-electron chi connectivity index (χ3n) is 6.46. The summed E-state index contributed by atoms with van der Waals surface area (Å²) in [5, 5.41) is 31.7. The SMILES string of the molecule is CC(C)c1ccc2c(c1)OC1(O)C3=C(C(=O)C21NC(=O)c1n[nH]cc1[N+](=O)[O-])C(N)CC=C3. The molecule has 0 saturated carbocycles. The maximum atomic E-state index is 13.9. The number of hydrogen-bond donors (Lipinski definition) is 4. The first-order valence-electron chi connectivity index (χ1n) is 10.4. The highest BCUT2D eigenvalue weighted by molar-refractivity contribution is 6.14. The zero-order valence-corrected chi connectivity index (χ0v) is 17.8. The van der Waals surface area contributed by atoms with Gasteiger partial charge in [-0.05, 0) is 24.0 Å². The van der Waals surface area contributed by atoms with Gasteiger partial charge in [-0.1, -0.05) is 38.1 Å². The Labute approximate surface area is 187 Å². The summed E-state index contributed by atoms with van der Waals surface area (Å²) >= 11 is 0. The monoisotopic (exact) mass is 451 g/mol. The summed E-state index contributed by atoms with van der Waals surface area (Å²) in [4.78, 5) is 37.6. The van der Waals surface area contributed by atoms with Gasteiger partial charge in [0.25, 0.3) is 11.7 Å². The minimum atomic E-state index is -2.29. The number of ketones is 1. The molecule has 5 N–H and O–H groups in total. The molecule has 5 rings (SSSR count). The van der Waals surface area contributed by atoms with Gasteiger partial charge in [0, 0.05) is 22.8 Å². The molecule has 1 aromatic carbocycles. The molecule has 0 radical (unpaired) electrons. The molecule has 0 fully saturated rings. The number of aliphatic hydroxyl groups is 1. The number of nitrogens with two attached hydrogens (primary N) is 1. The summed E-state index contributed by atoms with van der Waals surface area (Å²) in [7, 11) is 0. The molecule has 2 aromatic rings. The van der Waals surface area contributed by atoms with Crippen molar-refractivity contribution in [1.82, 2.24) is 15.5 Å². The number of fused-ring (bicyclic) bond motifs is 4. The summed E-state index contributed by atoms with van der Waals surface area (Å²) in [5.41, 5.74) is 4.45. The molecule has 11 heteroatoms. The molecule has 0 saturated heterocycles. The highest BCUT2D eigenvalue weighted by Crippen LogP contribution is 2.57. The number of nitro groups is 1. The van der Waals surface area contributed by atoms with E-state index in [-0.39, 0.29) is 28.4 Å². The van der Waals surface area contributed by atoms with Gasteiger partial charge >= 0.3 is 5.69 Å². The average molecular weight is 451 g/mol. The Morgan fingerprint density at radius 2 is 2.21 bits per heavy atom. The van der Waals surface area contributed by atoms with Gasteiger partial charge in [-0.2, -0.15) is 5.10 Å². The Hall–Kier alpha value is -3.83. The number of Topliss-reactive ketones (excluding diaryl/α,β-unsaturated/α-hetero) is 1. The number of rotatable bonds is 4. The summed E-state index contributed by atoms with van der Waals surface area (Å²) in [6, 6.07) is 4.40. The van der Waals surface area contributed by atoms with Crippen molar-refractivity contribution in [3.05, 3.63) is 74.6 Å². The summed E-state index contributed by atoms with van der Waals surface area (Å²) in [5.74, 6) is -3.56. The Balaban J connectivity index is 1.70. The van der Waals surface area contributed by atoms with Crippen LogP contribution in [0.5, 0.6) is 5.75 Å². The summed E-state index contributed by atoms with van der Waals surface area (Å²) in [6.45, 7) is 3.96. The predicted molar refractivity (Wildman–Crippen MR) is 114 cm³/mol. The maximum absolute atomic E-state index is 13.9. The van der Waals surface area contributed by atoms with Crippen molar-refractivity contribution >= 4 is 17.4 Å². The molecule has 11 nitrogen and oxygen atoms in total. The number of nitrogens with zero attached hydrogens (tertiary/aromatic N) is 2. The summed E-state index contributed by atoms with van der Waals surface area (Å²) < 4.78 is 5.99. The fourth-order valence-corrected chi connectivity index (χ4v) is 4.80. The van der Waals surface area contributed by atoms with Crippen LogP contribution in [0, 0.1) is 10.1 Å². The van der Waals surface area contributed by atoms with Crippen LogP contribution < -0.4 is 15.8 Å². The molecule has 1 amide bonds. The predicted octanol–water partition coefficient (Wildman–Crippen LogP) is 1.31. The van der Waals surface area contributed by atoms with Gasteiger partial charge in [0.05, 0.1) is 4.92 Å². The number of carbonyl (C=O) groups is 2. The molecule has 2 aliphatic carbocycles. The van der Waals surface area contributed by atoms with Crippen molar-refractivity contribution in [3.8, 4) is 5.75 Å². The first-order valence-corrected chi connectivity index (χ1v) is 10.4. The van der Waals surface area contributed by atoms with E-state index in [1.165, 1.54) is 0 Å². The van der Waals surface area contributed by atoms with Crippen LogP contribution in [0.15, 0.2) is 47.7 Å². The van der Waals surface area contributed by atoms with E-state index in [9.17, 15) is 24.8 Å². The number of nitrogens with one attached hydrogen (secondary N) is 2. The quantitative estimate of drug-likeness (QED) is 0.398. The minimum absolute atomic E-state index is 0.139. The Bertz CT molecular complexity index is 1290. The number of carbonyl (C=O) groups excluding carboxylic acids is 2. The van der Waals surface area contributed by atoms with Crippen molar-refractivity contribution in [2.45, 2.75) is 43.6 Å². The molecular formula is C22H21N5O6. The normalized spacial score (nSPS) is 27.3. The topological polar surface area (TPSA) is 173 Å². The zero-order valence-electron chi connectivity index (χ0n) is 17.8. The lowest BCUT2D eigenvalue weighted by atomic mass is 9.81. The lowest BCUT2D eigenvalue weighted by molar-refractivity contribution is -0.385. The van der Waals surface area contributed by atoms with Gasteiger partial charge < -0.3 is 20.9 Å². The number of benzene rings is 1. The van der Waals surface area contributed by atoms with Crippen molar-refractivity contribution in [1.29, 1.82) is 0 Å². The smallest absolute Gasteiger partial charge is 0.319 e. The number of H-pyrrole nitrogens is 1. The van der Waals surface area contributed by atoms with E-state index in [0.29, 0.717) is 6.42 Å². The van der Waals surface area contributed by atoms with E-state index in [4.69, 9.17) is 10.5 Å². The summed E-state index contributed by atoms with van der Waals surface area (Å²) in [6.07, 6.45) is 4.62. The highest BCUT2D eigenvalue weighted by atomic mass is 16.6. The number of amides is 1. The standard InChI is InChI=1S/C22H21N5O6/c1-10(2)11-6-7-12-16(8-11)33-22(30)13-4-3-5-14(23)17(13)19(28)21(12,22)25-20(29)18-15(27(31)32)9-24-26-18/h3-4,6-10,14,30H,5,23H2,1-2H3,(H,24,26)(H,25,29). The van der Waals surface area contributed by atoms with E-state index >= 15 is 0 Å². The second-order valence-corrected chi connectivity index (χ2v) is 8.64. The van der Waals surface area contributed by atoms with E-state index in [1.54, 1.807) is 30.4 Å². The first kappa shape index (κ1) is 21.0. The zero-order chi connectivity index (χ0) is 23.7. The molecule has 0 bridgehead atoms. The fourth-order valence-electron chi connectivity index (χ4n) is 4.80. The lowest BCUT2D eigenvalue weighted by Gasteiger charge is -2.35. The Morgan fingerprint density at radius 1 is 1.45 bits per heavy atom. The van der Waals surface area contributed by atoms with Crippen molar-refractivity contribution < 1.29 is 24.4 Å². The number of aromatic nitrogens is 2. The van der Waals surface area contributed by atoms with E-state index in [2.05, 4.69) is 15.5 Å². The number of ether oxygens (including phenoxy) is 1. The average Bonchev–Trinajstić information content (AvgIpc) is 3.39. The van der Waals surface area contributed by atoms with Crippen LogP contribution in [0.3, 0.4) is 0 Å². The molecule has 3 aliphatic rings. The Morgan fingerprint density at radius 3 is 2.91 bits per heavy atom. The largest absolute Gasteiger partial charge is 0.454 e. The van der Waals surface area contributed by atoms with E-state index < -0.39 is 45.4 Å². The third kappa shape index (κ3) is 2.60. The molecule has 3 unspecified atom stereocenters. The van der Waals surface area contributed by atoms with Crippen LogP contribution in [0.4, 0.5) is 5.69 Å². The van der Waals surface area contributed by atoms with Crippen molar-refractivity contribution in [2.75, 3.05) is 0 Å². The van der Waals surface area contributed by atoms with E-state index in [1.807, 2.05) is 13.8 Å². The molecule has 0 spiro atoms. The van der Waals surface area contributed by atoms with Crippen LogP contribution in [-0.2, 0) is 10.3 Å². The van der Waals surface area contributed by atoms with Crippen molar-refractivity contribution in [3.63, 3.8) is 0 Å². The Kier molecular flexibility index (Phi) is 4.36. The molecule has 1 aliphatic heterocycles. The second kappa shape index (κ2) is 6.83. The lowest BCUT2D eigenvalue weighted by Crippen LogP contribution is -2.63. The van der Waals surface area contributed by atoms with Gasteiger partial charge in [-0.25, -0.2) is 0 Å². The number of hydrogen-bond acceptors (Lipinski definition) is 8. The van der Waals surface area contributed by atoms with Gasteiger partial charge in [0.2, 0.25) is 11.2 Å². The fraction of sp³-hybridized carbons (Fsp3) is 0.318. The first-order chi connectivity index (χ1) is 15.6. The highest BCUT2D eigenvalue weighted by Gasteiger charge is 2.73. The molecule has 33 heavy (non-hydrogen) atoms. The molecule has 3 atom stereocenters. The van der Waals surface area contributed by atoms with Gasteiger partial charge in [0.15, 0.2) is 5.78 Å².